The summed E-state index contributed by atoms with van der Waals surface area (Å²) in [4.78, 5) is 27.4. The number of piperidine rings is 2. The molecule has 1 aromatic heterocycles. The molecular formula is C24H33ClN2O4. The van der Waals surface area contributed by atoms with Crippen LogP contribution in [0.15, 0.2) is 27.4 Å². The van der Waals surface area contributed by atoms with Crippen molar-refractivity contribution < 1.29 is 13.9 Å². The lowest BCUT2D eigenvalue weighted by Gasteiger charge is -2.48. The van der Waals surface area contributed by atoms with Gasteiger partial charge in [-0.1, -0.05) is 13.3 Å². The number of aryl methyl sites for hydroxylation is 2. The molecule has 7 heteroatoms. The molecule has 2 bridgehead atoms. The van der Waals surface area contributed by atoms with E-state index in [1.807, 2.05) is 24.0 Å². The summed E-state index contributed by atoms with van der Waals surface area (Å²) in [7, 11) is 0. The van der Waals surface area contributed by atoms with Crippen molar-refractivity contribution in [3.63, 3.8) is 0 Å². The maximum absolute atomic E-state index is 13.3. The van der Waals surface area contributed by atoms with Crippen molar-refractivity contribution in [3.8, 4) is 5.75 Å². The van der Waals surface area contributed by atoms with E-state index in [0.29, 0.717) is 11.3 Å². The second-order valence-corrected chi connectivity index (χ2v) is 8.88. The zero-order chi connectivity index (χ0) is 21.4. The molecular weight excluding hydrogens is 416 g/mol. The summed E-state index contributed by atoms with van der Waals surface area (Å²) >= 11 is 0. The first-order valence-electron chi connectivity index (χ1n) is 11.2. The number of nitrogens with zero attached hydrogens (tertiary/aromatic N) is 1. The first-order chi connectivity index (χ1) is 14.4. The van der Waals surface area contributed by atoms with E-state index in [1.165, 1.54) is 0 Å². The molecule has 0 radical (unpaired) electrons. The fourth-order valence-corrected chi connectivity index (χ4v) is 5.25. The number of fused-ring (bicyclic) bond motifs is 3. The predicted octanol–water partition coefficient (Wildman–Crippen LogP) is 4.11. The third-order valence-corrected chi connectivity index (χ3v) is 6.63. The van der Waals surface area contributed by atoms with Crippen LogP contribution in [0.5, 0.6) is 5.75 Å². The average Bonchev–Trinajstić information content (AvgIpc) is 2.69. The highest BCUT2D eigenvalue weighted by atomic mass is 35.5. The third kappa shape index (κ3) is 4.60. The predicted molar refractivity (Wildman–Crippen MR) is 124 cm³/mol. The quantitative estimate of drug-likeness (QED) is 0.695. The normalized spacial score (nSPS) is 23.9. The second kappa shape index (κ2) is 9.61. The van der Waals surface area contributed by atoms with E-state index in [1.54, 1.807) is 13.0 Å². The fraction of sp³-hybridized carbons (Fsp3) is 0.583. The maximum atomic E-state index is 13.3. The number of halogens is 1. The third-order valence-electron chi connectivity index (χ3n) is 6.63. The molecule has 2 aromatic rings. The van der Waals surface area contributed by atoms with Crippen molar-refractivity contribution in [1.29, 1.82) is 0 Å². The molecule has 2 saturated heterocycles. The molecule has 4 atom stereocenters. The molecule has 4 rings (SSSR count). The number of carbonyl (C=O) groups is 1. The number of benzene rings is 1. The number of hydrogen-bond donors (Lipinski definition) is 1. The van der Waals surface area contributed by atoms with Crippen LogP contribution in [0.3, 0.4) is 0 Å². The van der Waals surface area contributed by atoms with E-state index in [2.05, 4.69) is 6.92 Å². The number of carbonyl (C=O) groups excluding carboxylic acids is 1. The van der Waals surface area contributed by atoms with Crippen molar-refractivity contribution in [2.45, 2.75) is 89.9 Å². The Morgan fingerprint density at radius 2 is 1.97 bits per heavy atom. The second-order valence-electron chi connectivity index (χ2n) is 8.88. The van der Waals surface area contributed by atoms with Crippen LogP contribution < -0.4 is 16.1 Å². The van der Waals surface area contributed by atoms with Crippen LogP contribution in [-0.2, 0) is 11.2 Å². The van der Waals surface area contributed by atoms with Crippen molar-refractivity contribution in [1.82, 2.24) is 4.90 Å². The van der Waals surface area contributed by atoms with Crippen LogP contribution in [-0.4, -0.2) is 35.0 Å². The summed E-state index contributed by atoms with van der Waals surface area (Å²) in [6, 6.07) is 6.00. The molecule has 6 nitrogen and oxygen atoms in total. The zero-order valence-electron chi connectivity index (χ0n) is 18.6. The van der Waals surface area contributed by atoms with Gasteiger partial charge in [-0.3, -0.25) is 4.79 Å². The monoisotopic (exact) mass is 448 g/mol. The van der Waals surface area contributed by atoms with Gasteiger partial charge in [0, 0.05) is 35.1 Å². The summed E-state index contributed by atoms with van der Waals surface area (Å²) in [5.74, 6) is 0.608. The summed E-state index contributed by atoms with van der Waals surface area (Å²) in [5.41, 5.74) is 8.13. The molecule has 2 unspecified atom stereocenters. The van der Waals surface area contributed by atoms with Gasteiger partial charge >= 0.3 is 5.63 Å². The standard InChI is InChI=1S/C24H32N2O4.ClH/c1-4-6-16-11-22(27)30-23-14(2)21(10-9-20(16)23)29-15(3)24(28)26-18-7-5-8-19(26)13-17(25)12-18;/h9-11,15,17-19H,4-8,12-13,25H2,1-3H3;1H/t15?,17?,18-,19+;. The number of amides is 1. The molecule has 2 N–H and O–H groups in total. The first kappa shape index (κ1) is 23.6. The van der Waals surface area contributed by atoms with Gasteiger partial charge in [0.25, 0.3) is 5.91 Å². The van der Waals surface area contributed by atoms with Crippen LogP contribution in [0.4, 0.5) is 0 Å². The summed E-state index contributed by atoms with van der Waals surface area (Å²) in [6.07, 6.45) is 6.09. The van der Waals surface area contributed by atoms with Crippen LogP contribution >= 0.6 is 12.4 Å². The van der Waals surface area contributed by atoms with Crippen molar-refractivity contribution in [2.75, 3.05) is 0 Å². The Hall–Kier alpha value is -2.05. The Labute approximate surface area is 189 Å². The Kier molecular flexibility index (Phi) is 7.32. The average molecular weight is 449 g/mol. The molecule has 3 heterocycles. The van der Waals surface area contributed by atoms with Gasteiger partial charge in [0.05, 0.1) is 0 Å². The number of hydrogen-bond acceptors (Lipinski definition) is 5. The molecule has 2 fully saturated rings. The highest BCUT2D eigenvalue weighted by Gasteiger charge is 2.41. The van der Waals surface area contributed by atoms with Crippen LogP contribution in [0.2, 0.25) is 0 Å². The van der Waals surface area contributed by atoms with Crippen LogP contribution in [0, 0.1) is 6.92 Å². The highest BCUT2D eigenvalue weighted by Crippen LogP contribution is 2.35. The van der Waals surface area contributed by atoms with Crippen LogP contribution in [0.1, 0.15) is 63.5 Å². The molecule has 170 valence electrons. The van der Waals surface area contributed by atoms with Gasteiger partial charge in [0.2, 0.25) is 0 Å². The van der Waals surface area contributed by atoms with Gasteiger partial charge in [-0.25, -0.2) is 4.79 Å². The van der Waals surface area contributed by atoms with Gasteiger partial charge in [-0.05, 0) is 70.1 Å². The van der Waals surface area contributed by atoms with Crippen molar-refractivity contribution in [3.05, 3.63) is 39.7 Å². The van der Waals surface area contributed by atoms with Gasteiger partial charge in [0.1, 0.15) is 11.3 Å². The van der Waals surface area contributed by atoms with Gasteiger partial charge in [0.15, 0.2) is 6.10 Å². The minimum atomic E-state index is -0.607. The van der Waals surface area contributed by atoms with E-state index >= 15 is 0 Å². The van der Waals surface area contributed by atoms with Crippen molar-refractivity contribution >= 4 is 29.3 Å². The number of rotatable bonds is 5. The number of ether oxygens (including phenoxy) is 1. The largest absolute Gasteiger partial charge is 0.480 e. The topological polar surface area (TPSA) is 85.8 Å². The van der Waals surface area contributed by atoms with E-state index in [9.17, 15) is 9.59 Å². The molecule has 0 spiro atoms. The zero-order valence-corrected chi connectivity index (χ0v) is 19.4. The van der Waals surface area contributed by atoms with E-state index in [-0.39, 0.29) is 42.1 Å². The lowest BCUT2D eigenvalue weighted by molar-refractivity contribution is -0.148. The first-order valence-corrected chi connectivity index (χ1v) is 11.2. The molecule has 1 aromatic carbocycles. The SMILES string of the molecule is CCCc1cc(=O)oc2c(C)c(OC(C)C(=O)N3[C@@H]4CCC[C@H]3CC(N)C4)ccc12.Cl. The van der Waals surface area contributed by atoms with Crippen LogP contribution in [0.25, 0.3) is 11.0 Å². The molecule has 1 amide bonds. The minimum Gasteiger partial charge on any atom is -0.480 e. The minimum absolute atomic E-state index is 0. The van der Waals surface area contributed by atoms with Gasteiger partial charge in [-0.2, -0.15) is 0 Å². The molecule has 2 aliphatic heterocycles. The Balaban J connectivity index is 0.00000272. The maximum Gasteiger partial charge on any atom is 0.336 e. The molecule has 2 aliphatic rings. The lowest BCUT2D eigenvalue weighted by atomic mass is 9.82. The smallest absolute Gasteiger partial charge is 0.336 e. The van der Waals surface area contributed by atoms with E-state index < -0.39 is 6.10 Å². The Morgan fingerprint density at radius 1 is 1.29 bits per heavy atom. The fourth-order valence-electron chi connectivity index (χ4n) is 5.25. The molecule has 0 saturated carbocycles. The highest BCUT2D eigenvalue weighted by molar-refractivity contribution is 5.86. The van der Waals surface area contributed by atoms with E-state index in [4.69, 9.17) is 14.9 Å². The van der Waals surface area contributed by atoms with Crippen molar-refractivity contribution in [2.24, 2.45) is 5.73 Å². The summed E-state index contributed by atoms with van der Waals surface area (Å²) in [5, 5.41) is 0.930. The van der Waals surface area contributed by atoms with Gasteiger partial charge in [-0.15, -0.1) is 12.4 Å². The lowest BCUT2D eigenvalue weighted by Crippen LogP contribution is -2.59. The molecule has 31 heavy (non-hydrogen) atoms. The summed E-state index contributed by atoms with van der Waals surface area (Å²) < 4.78 is 11.6. The van der Waals surface area contributed by atoms with Gasteiger partial charge < -0.3 is 19.8 Å². The van der Waals surface area contributed by atoms with E-state index in [0.717, 1.165) is 61.5 Å². The Bertz CT molecular complexity index is 991. The number of nitrogens with two attached hydrogens (primary N) is 1. The summed E-state index contributed by atoms with van der Waals surface area (Å²) in [6.45, 7) is 5.77. The molecule has 0 aliphatic carbocycles. The Morgan fingerprint density at radius 3 is 2.61 bits per heavy atom.